The number of fused-ring (bicyclic) bond motifs is 6. The molecular weight excluding hydrogens is 891 g/mol. The van der Waals surface area contributed by atoms with E-state index in [2.05, 4.69) is 26.5 Å². The smallest absolute Gasteiger partial charge is 0.263 e. The zero-order valence-corrected chi connectivity index (χ0v) is 38.1. The Morgan fingerprint density at radius 3 is 1.75 bits per heavy atom. The number of nitrogens with zero attached hydrogens (tertiary/aromatic N) is 6. The Hall–Kier alpha value is -6.86. The lowest BCUT2D eigenvalue weighted by atomic mass is 10.0. The number of aliphatic hydroxyl groups excluding tert-OH is 1. The minimum Gasteiger partial charge on any atom is -0.511 e. The first kappa shape index (κ1) is 44.6. The number of para-hydroxylation sites is 4. The van der Waals surface area contributed by atoms with Crippen LogP contribution in [0.4, 0.5) is 42.9 Å². The lowest BCUT2D eigenvalue weighted by Crippen LogP contribution is -2.45. The van der Waals surface area contributed by atoms with E-state index < -0.39 is 35.0 Å². The fraction of sp³-hybridized carbons (Fsp3) is 0.373. The van der Waals surface area contributed by atoms with Gasteiger partial charge in [-0.25, -0.2) is 13.8 Å². The standard InChI is InChI=1S/C26H27FN4O4.C25H25FN4O4/c1-29-23-19(30-13-10-26(11-14-30)34-15-16-35-26)7-4-8-20(23)31-12-9-21(32)22(25(29)31)24(33)28-18-6-3-2-5-17(18)27;26-16-4-1-2-5-17(16)27-24(32)21-20(31)8-11-30-19-7-3-6-18(22(19)28-23(21)30)29-12-9-25(10-13-29)33-14-15-34-25/h2-8H,9-16H2,1H3,(H,28,33);1-7,31H,8-15H2,(H,27,32). The second kappa shape index (κ2) is 17.9. The topological polar surface area (TPSA) is 163 Å². The van der Waals surface area contributed by atoms with E-state index >= 15 is 0 Å². The highest BCUT2D eigenvalue weighted by molar-refractivity contribution is 6.26. The second-order valence-corrected chi connectivity index (χ2v) is 18.1. The number of rotatable bonds is 6. The molecule has 7 aliphatic rings. The van der Waals surface area contributed by atoms with Gasteiger partial charge < -0.3 is 58.9 Å². The summed E-state index contributed by atoms with van der Waals surface area (Å²) in [5.41, 5.74) is 5.82. The van der Waals surface area contributed by atoms with Crippen molar-refractivity contribution < 1.29 is 47.2 Å². The van der Waals surface area contributed by atoms with Crippen LogP contribution in [-0.2, 0) is 39.9 Å². The summed E-state index contributed by atoms with van der Waals surface area (Å²) >= 11 is 0. The molecule has 3 N–H and O–H groups in total. The molecule has 358 valence electrons. The maximum atomic E-state index is 14.2. The SMILES string of the molecule is CN1C2=C(C(=O)Nc3ccccc3F)C(=O)CCN2c2cccc(N3CCC4(CC3)OCCO4)c21.O=C(Nc1ccccc1F)C1=C(O)CCn2c1nc1c(N3CCC4(CC3)OCCO4)cccc12. The molecule has 18 heteroatoms. The van der Waals surface area contributed by atoms with Gasteiger partial charge in [-0.2, -0.15) is 0 Å². The molecule has 8 heterocycles. The Morgan fingerprint density at radius 2 is 1.16 bits per heavy atom. The number of aliphatic hydroxyl groups is 1. The number of hydrogen-bond donors (Lipinski definition) is 3. The highest BCUT2D eigenvalue weighted by Gasteiger charge is 2.45. The fourth-order valence-corrected chi connectivity index (χ4v) is 10.7. The molecule has 0 bridgehead atoms. The van der Waals surface area contributed by atoms with Gasteiger partial charge in [0, 0.05) is 84.8 Å². The van der Waals surface area contributed by atoms with Crippen LogP contribution in [0.3, 0.4) is 0 Å². The maximum absolute atomic E-state index is 14.2. The number of amides is 2. The molecule has 1 aromatic heterocycles. The largest absolute Gasteiger partial charge is 0.511 e. The lowest BCUT2D eigenvalue weighted by molar-refractivity contribution is -0.169. The average molecular weight is 943 g/mol. The van der Waals surface area contributed by atoms with Gasteiger partial charge in [-0.3, -0.25) is 14.4 Å². The number of benzene rings is 4. The summed E-state index contributed by atoms with van der Waals surface area (Å²) in [5, 5.41) is 15.8. The zero-order chi connectivity index (χ0) is 47.4. The van der Waals surface area contributed by atoms with Gasteiger partial charge in [0.25, 0.3) is 11.8 Å². The molecule has 4 saturated heterocycles. The molecule has 12 rings (SSSR count). The van der Waals surface area contributed by atoms with E-state index in [0.29, 0.717) is 57.6 Å². The molecule has 2 amide bonds. The average Bonchev–Trinajstić information content (AvgIpc) is 4.17. The molecule has 0 unspecified atom stereocenters. The first-order chi connectivity index (χ1) is 33.5. The minimum atomic E-state index is -0.601. The highest BCUT2D eigenvalue weighted by atomic mass is 19.1. The molecule has 0 aliphatic carbocycles. The summed E-state index contributed by atoms with van der Waals surface area (Å²) in [6.07, 6.45) is 3.61. The molecule has 16 nitrogen and oxygen atoms in total. The number of imidazole rings is 1. The minimum absolute atomic E-state index is 0.0476. The number of carbonyl (C=O) groups is 3. The van der Waals surface area contributed by atoms with Gasteiger partial charge in [0.1, 0.15) is 45.7 Å². The number of carbonyl (C=O) groups excluding carboxylic acids is 3. The number of halogens is 2. The number of aryl methyl sites for hydroxylation is 1. The van der Waals surface area contributed by atoms with Crippen LogP contribution in [0.2, 0.25) is 0 Å². The van der Waals surface area contributed by atoms with E-state index in [1.54, 1.807) is 24.3 Å². The van der Waals surface area contributed by atoms with E-state index in [9.17, 15) is 28.3 Å². The van der Waals surface area contributed by atoms with Gasteiger partial charge >= 0.3 is 0 Å². The van der Waals surface area contributed by atoms with Crippen LogP contribution in [0.15, 0.2) is 102 Å². The summed E-state index contributed by atoms with van der Waals surface area (Å²) in [7, 11) is 1.88. The molecule has 69 heavy (non-hydrogen) atoms. The Bertz CT molecular complexity index is 2920. The van der Waals surface area contributed by atoms with Crippen molar-refractivity contribution in [3.05, 3.63) is 120 Å². The first-order valence-corrected chi connectivity index (χ1v) is 23.5. The Kier molecular flexibility index (Phi) is 11.6. The number of Topliss-reactive ketones (excluding diaryl/α,β-unsaturated/α-hetero) is 1. The summed E-state index contributed by atoms with van der Waals surface area (Å²) in [4.78, 5) is 52.7. The number of nitrogens with one attached hydrogen (secondary N) is 2. The molecule has 0 saturated carbocycles. The Morgan fingerprint density at radius 1 is 0.638 bits per heavy atom. The van der Waals surface area contributed by atoms with Crippen molar-refractivity contribution in [2.24, 2.45) is 0 Å². The first-order valence-electron chi connectivity index (χ1n) is 23.5. The van der Waals surface area contributed by atoms with Crippen LogP contribution in [-0.4, -0.2) is 110 Å². The van der Waals surface area contributed by atoms with E-state index in [1.807, 2.05) is 51.7 Å². The monoisotopic (exact) mass is 942 g/mol. The van der Waals surface area contributed by atoms with E-state index in [1.165, 1.54) is 24.3 Å². The van der Waals surface area contributed by atoms with Crippen molar-refractivity contribution in [2.75, 3.05) is 96.4 Å². The van der Waals surface area contributed by atoms with E-state index in [-0.39, 0.29) is 40.5 Å². The molecule has 2 spiro atoms. The van der Waals surface area contributed by atoms with Crippen molar-refractivity contribution in [1.82, 2.24) is 9.55 Å². The normalized spacial score (nSPS) is 20.3. The highest BCUT2D eigenvalue weighted by Crippen LogP contribution is 2.50. The van der Waals surface area contributed by atoms with Crippen LogP contribution < -0.4 is 30.2 Å². The number of allylic oxidation sites excluding steroid dienone is 1. The van der Waals surface area contributed by atoms with Gasteiger partial charge in [-0.05, 0) is 48.5 Å². The third-order valence-corrected chi connectivity index (χ3v) is 14.2. The van der Waals surface area contributed by atoms with E-state index in [0.717, 1.165) is 85.6 Å². The van der Waals surface area contributed by atoms with Crippen LogP contribution in [0.1, 0.15) is 44.3 Å². The molecule has 4 aromatic carbocycles. The van der Waals surface area contributed by atoms with Gasteiger partial charge in [-0.1, -0.05) is 36.4 Å². The molecular formula is C51H52F2N8O8. The molecule has 0 radical (unpaired) electrons. The Labute approximate surface area is 396 Å². The number of aromatic nitrogens is 2. The zero-order valence-electron chi connectivity index (χ0n) is 38.1. The lowest BCUT2D eigenvalue weighted by Gasteiger charge is -2.39. The van der Waals surface area contributed by atoms with E-state index in [4.69, 9.17) is 23.9 Å². The van der Waals surface area contributed by atoms with Gasteiger partial charge in [-0.15, -0.1) is 0 Å². The number of anilines is 6. The fourth-order valence-electron chi connectivity index (χ4n) is 10.7. The van der Waals surface area contributed by atoms with Gasteiger partial charge in [0.15, 0.2) is 17.4 Å². The second-order valence-electron chi connectivity index (χ2n) is 18.1. The molecule has 7 aliphatic heterocycles. The third kappa shape index (κ3) is 8.03. The van der Waals surface area contributed by atoms with Gasteiger partial charge in [0.05, 0.1) is 66.1 Å². The quantitative estimate of drug-likeness (QED) is 0.148. The van der Waals surface area contributed by atoms with Crippen molar-refractivity contribution in [2.45, 2.75) is 56.6 Å². The van der Waals surface area contributed by atoms with Crippen molar-refractivity contribution in [3.63, 3.8) is 0 Å². The number of ketones is 1. The number of piperidine rings is 2. The summed E-state index contributed by atoms with van der Waals surface area (Å²) in [6, 6.07) is 24.0. The molecule has 4 fully saturated rings. The van der Waals surface area contributed by atoms with Crippen LogP contribution in [0.25, 0.3) is 16.6 Å². The third-order valence-electron chi connectivity index (χ3n) is 14.2. The Balaban J connectivity index is 0.000000151. The molecule has 0 atom stereocenters. The summed E-state index contributed by atoms with van der Waals surface area (Å²) < 4.78 is 53.7. The molecule has 5 aromatic rings. The van der Waals surface area contributed by atoms with Crippen LogP contribution in [0.5, 0.6) is 0 Å². The van der Waals surface area contributed by atoms with Crippen molar-refractivity contribution in [1.29, 1.82) is 0 Å². The van der Waals surface area contributed by atoms with Crippen molar-refractivity contribution in [3.8, 4) is 0 Å². The van der Waals surface area contributed by atoms with Gasteiger partial charge in [0.2, 0.25) is 0 Å². The van der Waals surface area contributed by atoms with Crippen LogP contribution >= 0.6 is 0 Å². The predicted molar refractivity (Wildman–Crippen MR) is 255 cm³/mol. The van der Waals surface area contributed by atoms with Crippen molar-refractivity contribution >= 4 is 68.3 Å². The predicted octanol–water partition coefficient (Wildman–Crippen LogP) is 7.08. The maximum Gasteiger partial charge on any atom is 0.263 e. The summed E-state index contributed by atoms with van der Waals surface area (Å²) in [5.74, 6) is -2.59. The summed E-state index contributed by atoms with van der Waals surface area (Å²) in [6.45, 7) is 6.63. The van der Waals surface area contributed by atoms with Crippen LogP contribution in [0, 0.1) is 11.6 Å². The number of hydrogen-bond acceptors (Lipinski definition) is 13. The number of ether oxygens (including phenoxy) is 4.